The second-order valence-corrected chi connectivity index (χ2v) is 8.38. The molecule has 12 heteroatoms. The molecule has 0 amide bonds. The summed E-state index contributed by atoms with van der Waals surface area (Å²) < 4.78 is 23.9. The van der Waals surface area contributed by atoms with Crippen LogP contribution in [0, 0.1) is 0 Å². The lowest BCUT2D eigenvalue weighted by molar-refractivity contribution is -0.0494. The van der Waals surface area contributed by atoms with Gasteiger partial charge in [0, 0.05) is 14.2 Å². The van der Waals surface area contributed by atoms with Gasteiger partial charge < -0.3 is 24.6 Å². The Balaban J connectivity index is 1.98. The van der Waals surface area contributed by atoms with Gasteiger partial charge in [0.15, 0.2) is 17.7 Å². The molecule has 3 rings (SSSR count). The van der Waals surface area contributed by atoms with Crippen LogP contribution >= 0.6 is 6.72 Å². The first-order chi connectivity index (χ1) is 11.9. The number of nitrogens with zero attached hydrogens (tertiary/aromatic N) is 4. The quantitative estimate of drug-likeness (QED) is 0.690. The lowest BCUT2D eigenvalue weighted by Gasteiger charge is -2.26. The van der Waals surface area contributed by atoms with Crippen molar-refractivity contribution < 1.29 is 23.4 Å². The zero-order valence-corrected chi connectivity index (χ0v) is 15.7. The fourth-order valence-corrected chi connectivity index (χ4v) is 3.84. The molecule has 3 N–H and O–H groups in total. The number of nitrogen functional groups attached to an aromatic ring is 1. The first-order valence-electron chi connectivity index (χ1n) is 7.60. The Morgan fingerprint density at radius 1 is 1.36 bits per heavy atom. The fourth-order valence-electron chi connectivity index (χ4n) is 2.89. The summed E-state index contributed by atoms with van der Waals surface area (Å²) in [5, 5.41) is 0. The van der Waals surface area contributed by atoms with E-state index in [2.05, 4.69) is 15.0 Å². The molecule has 0 aliphatic carbocycles. The normalized spacial score (nSPS) is 29.1. The highest BCUT2D eigenvalue weighted by Gasteiger charge is 2.48. The average Bonchev–Trinajstić information content (AvgIpc) is 3.16. The molecule has 5 atom stereocenters. The van der Waals surface area contributed by atoms with Crippen LogP contribution in [0.15, 0.2) is 12.7 Å². The molecule has 3 heterocycles. The van der Waals surface area contributed by atoms with Crippen LogP contribution in [0.4, 0.5) is 5.82 Å². The van der Waals surface area contributed by atoms with Crippen LogP contribution in [-0.4, -0.2) is 56.9 Å². The third kappa shape index (κ3) is 3.41. The maximum Gasteiger partial charge on any atom is 0.324 e. The van der Waals surface area contributed by atoms with E-state index in [1.165, 1.54) is 20.5 Å². The molecular formula is C13H20N5O5PS. The number of imidazole rings is 1. The van der Waals surface area contributed by atoms with E-state index in [-0.39, 0.29) is 11.9 Å². The minimum atomic E-state index is -3.38. The van der Waals surface area contributed by atoms with Gasteiger partial charge in [-0.15, -0.1) is 0 Å². The van der Waals surface area contributed by atoms with Crippen molar-refractivity contribution in [1.82, 2.24) is 19.5 Å². The summed E-state index contributed by atoms with van der Waals surface area (Å²) in [6.07, 6.45) is 1.46. The highest BCUT2D eigenvalue weighted by Crippen LogP contribution is 2.49. The maximum atomic E-state index is 10.0. The molecule has 3 unspecified atom stereocenters. The largest absolute Gasteiger partial charge is 0.382 e. The van der Waals surface area contributed by atoms with Crippen molar-refractivity contribution in [3.8, 4) is 0 Å². The third-order valence-corrected chi connectivity index (χ3v) is 5.78. The number of nitrogens with two attached hydrogens (primary N) is 1. The number of hydrogen-bond donors (Lipinski definition) is 2. The number of hydrogen-bond acceptors (Lipinski definition) is 9. The Kier molecular flexibility index (Phi) is 5.35. The molecule has 1 saturated heterocycles. The average molecular weight is 389 g/mol. The van der Waals surface area contributed by atoms with Crippen LogP contribution in [0.2, 0.25) is 0 Å². The van der Waals surface area contributed by atoms with Crippen molar-refractivity contribution in [2.24, 2.45) is 0 Å². The number of ether oxygens (including phenoxy) is 2. The van der Waals surface area contributed by atoms with E-state index in [0.717, 1.165) is 0 Å². The summed E-state index contributed by atoms with van der Waals surface area (Å²) in [7, 11) is 2.84. The second-order valence-electron chi connectivity index (χ2n) is 5.48. The molecule has 0 radical (unpaired) electrons. The Hall–Kier alpha value is -1.20. The van der Waals surface area contributed by atoms with Gasteiger partial charge in [0.25, 0.3) is 0 Å². The Bertz CT molecular complexity index is 804. The standard InChI is InChI=1S/C13H20N5O5PS/c1-4-7-9(23-24(19,25)21-3)10(20-2)13(22-7)18-6-17-8-11(14)15-5-16-12(8)18/h5-7,9-10,13H,4H2,1-3H3,(H,19,25)(H2,14,15,16)/t7-,9?,10?,13-,24?/m1/s1. The number of fused-ring (bicyclic) bond motifs is 1. The van der Waals surface area contributed by atoms with E-state index in [0.29, 0.717) is 17.6 Å². The lowest BCUT2D eigenvalue weighted by Crippen LogP contribution is -2.35. The molecule has 0 spiro atoms. The van der Waals surface area contributed by atoms with Gasteiger partial charge in [-0.05, 0) is 18.2 Å². The number of anilines is 1. The Morgan fingerprint density at radius 2 is 2.12 bits per heavy atom. The van der Waals surface area contributed by atoms with Gasteiger partial charge in [-0.25, -0.2) is 15.0 Å². The third-order valence-electron chi connectivity index (χ3n) is 4.11. The molecule has 0 saturated carbocycles. The predicted octanol–water partition coefficient (Wildman–Crippen LogP) is 0.979. The minimum absolute atomic E-state index is 0.279. The predicted molar refractivity (Wildman–Crippen MR) is 93.1 cm³/mol. The van der Waals surface area contributed by atoms with E-state index in [4.69, 9.17) is 36.1 Å². The van der Waals surface area contributed by atoms with Crippen molar-refractivity contribution >= 4 is 35.5 Å². The SMILES string of the molecule is CC[C@H]1O[C@@H](n2cnc3c(N)ncnc32)C(OC)C1OP(O)(=S)OC. The van der Waals surface area contributed by atoms with Gasteiger partial charge >= 0.3 is 6.72 Å². The summed E-state index contributed by atoms with van der Waals surface area (Å²) in [6, 6.07) is 0. The van der Waals surface area contributed by atoms with Gasteiger partial charge in [0.2, 0.25) is 0 Å². The van der Waals surface area contributed by atoms with Crippen LogP contribution in [0.25, 0.3) is 11.2 Å². The number of methoxy groups -OCH3 is 1. The monoisotopic (exact) mass is 389 g/mol. The molecule has 0 bridgehead atoms. The van der Waals surface area contributed by atoms with Crippen molar-refractivity contribution in [1.29, 1.82) is 0 Å². The van der Waals surface area contributed by atoms with Crippen molar-refractivity contribution in [2.75, 3.05) is 20.0 Å². The highest BCUT2D eigenvalue weighted by molar-refractivity contribution is 8.07. The molecule has 2 aromatic rings. The molecular weight excluding hydrogens is 369 g/mol. The lowest BCUT2D eigenvalue weighted by atomic mass is 10.1. The molecule has 25 heavy (non-hydrogen) atoms. The summed E-state index contributed by atoms with van der Waals surface area (Å²) in [5.41, 5.74) is 6.83. The van der Waals surface area contributed by atoms with Gasteiger partial charge in [-0.2, -0.15) is 0 Å². The summed E-state index contributed by atoms with van der Waals surface area (Å²) in [6.45, 7) is -1.44. The molecule has 1 aliphatic heterocycles. The first kappa shape index (κ1) is 18.6. The zero-order valence-electron chi connectivity index (χ0n) is 14.0. The van der Waals surface area contributed by atoms with Gasteiger partial charge in [-0.3, -0.25) is 9.09 Å². The molecule has 2 aromatic heterocycles. The smallest absolute Gasteiger partial charge is 0.324 e. The fraction of sp³-hybridized carbons (Fsp3) is 0.615. The van der Waals surface area contributed by atoms with Gasteiger partial charge in [0.05, 0.1) is 12.4 Å². The van der Waals surface area contributed by atoms with Gasteiger partial charge in [-0.1, -0.05) is 6.92 Å². The highest BCUT2D eigenvalue weighted by atomic mass is 32.5. The topological polar surface area (TPSA) is 127 Å². The molecule has 0 aromatic carbocycles. The van der Waals surface area contributed by atoms with E-state index in [1.807, 2.05) is 6.92 Å². The number of aromatic nitrogens is 4. The zero-order chi connectivity index (χ0) is 18.2. The maximum absolute atomic E-state index is 10.0. The summed E-state index contributed by atoms with van der Waals surface area (Å²) in [5.74, 6) is 0.279. The van der Waals surface area contributed by atoms with Crippen LogP contribution < -0.4 is 5.73 Å². The Morgan fingerprint density at radius 3 is 2.76 bits per heavy atom. The molecule has 138 valence electrons. The minimum Gasteiger partial charge on any atom is -0.382 e. The summed E-state index contributed by atoms with van der Waals surface area (Å²) in [4.78, 5) is 22.5. The van der Waals surface area contributed by atoms with Gasteiger partial charge in [0.1, 0.15) is 24.1 Å². The van der Waals surface area contributed by atoms with Crippen molar-refractivity contribution in [3.63, 3.8) is 0 Å². The number of rotatable bonds is 6. The van der Waals surface area contributed by atoms with Crippen molar-refractivity contribution in [3.05, 3.63) is 12.7 Å². The van der Waals surface area contributed by atoms with E-state index < -0.39 is 25.2 Å². The molecule has 1 aliphatic rings. The van der Waals surface area contributed by atoms with E-state index in [9.17, 15) is 4.89 Å². The van der Waals surface area contributed by atoms with E-state index >= 15 is 0 Å². The molecule has 10 nitrogen and oxygen atoms in total. The summed E-state index contributed by atoms with van der Waals surface area (Å²) >= 11 is 4.97. The van der Waals surface area contributed by atoms with Crippen LogP contribution in [0.5, 0.6) is 0 Å². The van der Waals surface area contributed by atoms with Crippen LogP contribution in [0.3, 0.4) is 0 Å². The first-order valence-corrected chi connectivity index (χ1v) is 10.2. The Labute approximate surface area is 149 Å². The van der Waals surface area contributed by atoms with Crippen molar-refractivity contribution in [2.45, 2.75) is 37.9 Å². The van der Waals surface area contributed by atoms with Crippen LogP contribution in [0.1, 0.15) is 19.6 Å². The van der Waals surface area contributed by atoms with E-state index in [1.54, 1.807) is 10.9 Å². The second kappa shape index (κ2) is 7.20. The molecule has 1 fully saturated rings. The van der Waals surface area contributed by atoms with Crippen LogP contribution in [-0.2, 0) is 30.3 Å².